The fraction of sp³-hybridized carbons (Fsp3) is 0.158. The van der Waals surface area contributed by atoms with Crippen molar-refractivity contribution in [2.75, 3.05) is 11.9 Å². The zero-order valence-electron chi connectivity index (χ0n) is 14.1. The Morgan fingerprint density at radius 1 is 1.23 bits per heavy atom. The van der Waals surface area contributed by atoms with Gasteiger partial charge in [0.2, 0.25) is 5.91 Å². The number of amides is 3. The molecule has 1 N–H and O–H groups in total. The molecule has 1 aliphatic heterocycles. The molecular formula is C19H17N3O3S. The van der Waals surface area contributed by atoms with Crippen LogP contribution in [0.2, 0.25) is 0 Å². The summed E-state index contributed by atoms with van der Waals surface area (Å²) in [4.78, 5) is 41.9. The van der Waals surface area contributed by atoms with Crippen LogP contribution in [0, 0.1) is 0 Å². The lowest BCUT2D eigenvalue weighted by Gasteiger charge is -2.12. The van der Waals surface area contributed by atoms with Gasteiger partial charge in [-0.25, -0.2) is 0 Å². The maximum atomic E-state index is 12.4. The second kappa shape index (κ2) is 7.97. The summed E-state index contributed by atoms with van der Waals surface area (Å²) in [6.07, 6.45) is 5.73. The van der Waals surface area contributed by atoms with Crippen LogP contribution in [-0.2, 0) is 16.0 Å². The average Bonchev–Trinajstić information content (AvgIpc) is 2.90. The number of hydrogen-bond donors (Lipinski definition) is 1. The molecule has 3 amide bonds. The lowest BCUT2D eigenvalue weighted by molar-refractivity contribution is -0.127. The highest BCUT2D eigenvalue weighted by Crippen LogP contribution is 2.31. The fourth-order valence-electron chi connectivity index (χ4n) is 2.42. The van der Waals surface area contributed by atoms with E-state index in [9.17, 15) is 14.4 Å². The van der Waals surface area contributed by atoms with Gasteiger partial charge in [0.15, 0.2) is 0 Å². The molecule has 26 heavy (non-hydrogen) atoms. The van der Waals surface area contributed by atoms with Crippen LogP contribution < -0.4 is 5.32 Å². The molecule has 1 saturated heterocycles. The molecular weight excluding hydrogens is 350 g/mol. The molecule has 1 aliphatic rings. The third-order valence-electron chi connectivity index (χ3n) is 3.80. The highest BCUT2D eigenvalue weighted by atomic mass is 32.2. The number of anilines is 1. The zero-order chi connectivity index (χ0) is 18.5. The number of nitrogens with zero attached hydrogens (tertiary/aromatic N) is 2. The third kappa shape index (κ3) is 4.18. The summed E-state index contributed by atoms with van der Waals surface area (Å²) in [5.41, 5.74) is 2.51. The minimum Gasteiger partial charge on any atom is -0.325 e. The van der Waals surface area contributed by atoms with Crippen molar-refractivity contribution in [3.63, 3.8) is 0 Å². The van der Waals surface area contributed by atoms with Crippen molar-refractivity contribution in [1.82, 2.24) is 9.88 Å². The highest BCUT2D eigenvalue weighted by molar-refractivity contribution is 8.18. The monoisotopic (exact) mass is 367 g/mol. The number of nitrogens with one attached hydrogen (secondary N) is 1. The van der Waals surface area contributed by atoms with Crippen molar-refractivity contribution < 1.29 is 14.4 Å². The van der Waals surface area contributed by atoms with Gasteiger partial charge in [0, 0.05) is 18.1 Å². The number of benzene rings is 1. The summed E-state index contributed by atoms with van der Waals surface area (Å²) in [6.45, 7) is 1.73. The Balaban J connectivity index is 1.65. The molecule has 7 heteroatoms. The molecule has 6 nitrogen and oxygen atoms in total. The van der Waals surface area contributed by atoms with Gasteiger partial charge in [0.1, 0.15) is 6.54 Å². The molecule has 1 fully saturated rings. The number of carbonyl (C=O) groups excluding carboxylic acids is 3. The van der Waals surface area contributed by atoms with Crippen LogP contribution in [0.25, 0.3) is 6.08 Å². The molecule has 0 radical (unpaired) electrons. The first-order valence-corrected chi connectivity index (χ1v) is 8.92. The van der Waals surface area contributed by atoms with Crippen LogP contribution in [-0.4, -0.2) is 33.5 Å². The second-order valence-corrected chi connectivity index (χ2v) is 6.65. The van der Waals surface area contributed by atoms with E-state index >= 15 is 0 Å². The summed E-state index contributed by atoms with van der Waals surface area (Å²) in [7, 11) is 0. The first-order valence-electron chi connectivity index (χ1n) is 8.11. The Bertz CT molecular complexity index is 863. The normalized spacial score (nSPS) is 15.6. The Morgan fingerprint density at radius 2 is 2.00 bits per heavy atom. The molecule has 0 aliphatic carbocycles. The van der Waals surface area contributed by atoms with Crippen LogP contribution >= 0.6 is 11.8 Å². The van der Waals surface area contributed by atoms with Crippen LogP contribution in [0.5, 0.6) is 0 Å². The number of carbonyl (C=O) groups is 3. The number of thioether (sulfide) groups is 1. The smallest absolute Gasteiger partial charge is 0.294 e. The van der Waals surface area contributed by atoms with Crippen LogP contribution in [0.15, 0.2) is 53.7 Å². The summed E-state index contributed by atoms with van der Waals surface area (Å²) < 4.78 is 0. The van der Waals surface area contributed by atoms with Crippen molar-refractivity contribution >= 4 is 40.6 Å². The fourth-order valence-corrected chi connectivity index (χ4v) is 3.26. The molecule has 1 aromatic carbocycles. The predicted molar refractivity (Wildman–Crippen MR) is 101 cm³/mol. The van der Waals surface area contributed by atoms with E-state index in [2.05, 4.69) is 10.3 Å². The molecule has 3 rings (SSSR count). The van der Waals surface area contributed by atoms with E-state index in [-0.39, 0.29) is 11.4 Å². The number of aromatic nitrogens is 1. The lowest BCUT2D eigenvalue weighted by Crippen LogP contribution is -2.36. The molecule has 0 spiro atoms. The first-order chi connectivity index (χ1) is 12.6. The number of hydrogen-bond acceptors (Lipinski definition) is 5. The lowest BCUT2D eigenvalue weighted by atomic mass is 10.1. The summed E-state index contributed by atoms with van der Waals surface area (Å²) in [5, 5.41) is 2.25. The third-order valence-corrected chi connectivity index (χ3v) is 4.71. The van der Waals surface area contributed by atoms with Gasteiger partial charge < -0.3 is 5.32 Å². The van der Waals surface area contributed by atoms with Crippen LogP contribution in [0.4, 0.5) is 10.5 Å². The average molecular weight is 367 g/mol. The van der Waals surface area contributed by atoms with E-state index in [0.29, 0.717) is 5.69 Å². The van der Waals surface area contributed by atoms with Crippen LogP contribution in [0.1, 0.15) is 18.1 Å². The quantitative estimate of drug-likeness (QED) is 0.820. The van der Waals surface area contributed by atoms with E-state index in [1.165, 1.54) is 0 Å². The molecule has 132 valence electrons. The van der Waals surface area contributed by atoms with E-state index < -0.39 is 17.1 Å². The van der Waals surface area contributed by atoms with Crippen molar-refractivity contribution in [2.45, 2.75) is 13.3 Å². The van der Waals surface area contributed by atoms with E-state index in [1.54, 1.807) is 42.7 Å². The van der Waals surface area contributed by atoms with Gasteiger partial charge in [-0.3, -0.25) is 24.3 Å². The summed E-state index contributed by atoms with van der Waals surface area (Å²) >= 11 is 0.821. The number of rotatable bonds is 5. The molecule has 0 saturated carbocycles. The maximum Gasteiger partial charge on any atom is 0.294 e. The highest BCUT2D eigenvalue weighted by Gasteiger charge is 2.36. The van der Waals surface area contributed by atoms with Crippen molar-refractivity contribution in [2.24, 2.45) is 0 Å². The summed E-state index contributed by atoms with van der Waals surface area (Å²) in [5.74, 6) is -0.889. The Kier molecular flexibility index (Phi) is 5.48. The maximum absolute atomic E-state index is 12.4. The van der Waals surface area contributed by atoms with Crippen molar-refractivity contribution in [1.29, 1.82) is 0 Å². The largest absolute Gasteiger partial charge is 0.325 e. The Hall–Kier alpha value is -2.93. The molecule has 0 atom stereocenters. The van der Waals surface area contributed by atoms with E-state index in [4.69, 9.17) is 0 Å². The van der Waals surface area contributed by atoms with Gasteiger partial charge in [-0.1, -0.05) is 25.1 Å². The van der Waals surface area contributed by atoms with Crippen molar-refractivity contribution in [3.05, 3.63) is 64.8 Å². The van der Waals surface area contributed by atoms with Crippen molar-refractivity contribution in [3.8, 4) is 0 Å². The molecule has 0 bridgehead atoms. The minimum atomic E-state index is -0.472. The van der Waals surface area contributed by atoms with E-state index in [1.807, 2.05) is 19.1 Å². The Labute approximate surface area is 155 Å². The summed E-state index contributed by atoms with van der Waals surface area (Å²) in [6, 6.07) is 11.0. The Morgan fingerprint density at radius 3 is 2.65 bits per heavy atom. The second-order valence-electron chi connectivity index (χ2n) is 5.65. The first kappa shape index (κ1) is 17.9. The zero-order valence-corrected chi connectivity index (χ0v) is 15.0. The topological polar surface area (TPSA) is 79.4 Å². The van der Waals surface area contributed by atoms with E-state index in [0.717, 1.165) is 34.2 Å². The number of imide groups is 1. The number of pyridine rings is 1. The van der Waals surface area contributed by atoms with Gasteiger partial charge in [0.25, 0.3) is 11.1 Å². The number of aryl methyl sites for hydroxylation is 1. The van der Waals surface area contributed by atoms with Gasteiger partial charge in [-0.15, -0.1) is 0 Å². The SMILES string of the molecule is CCc1ccc(NC(=O)CN2C(=O)S/C(=C/c3cccnc3)C2=O)cc1. The van der Waals surface area contributed by atoms with Gasteiger partial charge in [-0.05, 0) is 53.6 Å². The molecule has 2 aromatic rings. The standard InChI is InChI=1S/C19H17N3O3S/c1-2-13-5-7-15(8-6-13)21-17(23)12-22-18(24)16(26-19(22)25)10-14-4-3-9-20-11-14/h3-11H,2,12H2,1H3,(H,21,23)/b16-10+. The molecule has 0 unspecified atom stereocenters. The minimum absolute atomic E-state index is 0.281. The predicted octanol–water partition coefficient (Wildman–Crippen LogP) is 3.32. The van der Waals surface area contributed by atoms with Gasteiger partial charge >= 0.3 is 0 Å². The van der Waals surface area contributed by atoms with Crippen LogP contribution in [0.3, 0.4) is 0 Å². The van der Waals surface area contributed by atoms with Gasteiger partial charge in [0.05, 0.1) is 4.91 Å². The van der Waals surface area contributed by atoms with Gasteiger partial charge in [-0.2, -0.15) is 0 Å². The molecule has 2 heterocycles. The molecule has 1 aromatic heterocycles.